The van der Waals surface area contributed by atoms with Gasteiger partial charge in [-0.3, -0.25) is 0 Å². The maximum atomic E-state index is 13.1. The first-order chi connectivity index (χ1) is 15.7. The molecule has 33 heavy (non-hydrogen) atoms. The molecule has 1 atom stereocenters. The number of carbonyl (C=O) groups is 2. The number of allylic oxidation sites excluding steroid dienone is 1. The van der Waals surface area contributed by atoms with E-state index in [1.807, 2.05) is 18.2 Å². The van der Waals surface area contributed by atoms with Gasteiger partial charge in [0.1, 0.15) is 24.2 Å². The van der Waals surface area contributed by atoms with E-state index >= 15 is 0 Å². The monoisotopic (exact) mass is 456 g/mol. The van der Waals surface area contributed by atoms with Gasteiger partial charge in [-0.2, -0.15) is 13.2 Å². The summed E-state index contributed by atoms with van der Waals surface area (Å²) < 4.78 is 50.4. The summed E-state index contributed by atoms with van der Waals surface area (Å²) in [5, 5.41) is 5.14. The Bertz CT molecular complexity index is 1220. The predicted molar refractivity (Wildman–Crippen MR) is 112 cm³/mol. The highest BCUT2D eigenvalue weighted by Gasteiger charge is 2.35. The molecule has 0 radical (unpaired) electrons. The van der Waals surface area contributed by atoms with Crippen molar-refractivity contribution in [3.8, 4) is 11.3 Å². The fourth-order valence-electron chi connectivity index (χ4n) is 3.49. The average Bonchev–Trinajstić information content (AvgIpc) is 3.27. The van der Waals surface area contributed by atoms with Gasteiger partial charge in [-0.1, -0.05) is 42.5 Å². The summed E-state index contributed by atoms with van der Waals surface area (Å²) in [5.74, 6) is -0.312. The van der Waals surface area contributed by atoms with Crippen LogP contribution in [0.3, 0.4) is 0 Å². The van der Waals surface area contributed by atoms with E-state index in [1.165, 1.54) is 24.3 Å². The number of esters is 1. The summed E-state index contributed by atoms with van der Waals surface area (Å²) in [5.41, 5.74) is 0.617. The number of benzene rings is 2. The van der Waals surface area contributed by atoms with Crippen LogP contribution in [-0.2, 0) is 22.3 Å². The van der Waals surface area contributed by atoms with Crippen molar-refractivity contribution < 1.29 is 31.9 Å². The van der Waals surface area contributed by atoms with E-state index in [4.69, 9.17) is 9.15 Å². The first kappa shape index (κ1) is 22.2. The molecule has 1 aromatic heterocycles. The average molecular weight is 456 g/mol. The molecule has 0 fully saturated rings. The number of carbonyl (C=O) groups excluding carboxylic acids is 2. The molecule has 2 aromatic carbocycles. The van der Waals surface area contributed by atoms with Crippen LogP contribution in [0.1, 0.15) is 29.9 Å². The van der Waals surface area contributed by atoms with Gasteiger partial charge in [0.15, 0.2) is 0 Å². The first-order valence-electron chi connectivity index (χ1n) is 9.99. The quantitative estimate of drug-likeness (QED) is 0.508. The largest absolute Gasteiger partial charge is 0.459 e. The van der Waals surface area contributed by atoms with Gasteiger partial charge in [-0.05, 0) is 36.8 Å². The Morgan fingerprint density at radius 2 is 1.82 bits per heavy atom. The molecule has 1 aliphatic rings. The van der Waals surface area contributed by atoms with Crippen molar-refractivity contribution >= 4 is 12.0 Å². The van der Waals surface area contributed by atoms with Gasteiger partial charge in [0.25, 0.3) is 0 Å². The lowest BCUT2D eigenvalue weighted by molar-refractivity contribution is -0.141. The van der Waals surface area contributed by atoms with Crippen molar-refractivity contribution in [3.05, 3.63) is 94.9 Å². The minimum absolute atomic E-state index is 0.0325. The number of furan rings is 1. The van der Waals surface area contributed by atoms with Crippen LogP contribution in [0.25, 0.3) is 11.3 Å². The zero-order chi connectivity index (χ0) is 23.6. The second kappa shape index (κ2) is 8.85. The maximum absolute atomic E-state index is 13.1. The Morgan fingerprint density at radius 3 is 2.55 bits per heavy atom. The van der Waals surface area contributed by atoms with Gasteiger partial charge in [0.05, 0.1) is 11.1 Å². The topological polar surface area (TPSA) is 80.6 Å². The summed E-state index contributed by atoms with van der Waals surface area (Å²) in [6.45, 7) is 1.59. The molecule has 0 aliphatic carbocycles. The number of rotatable bonds is 5. The van der Waals surface area contributed by atoms with Crippen LogP contribution in [0.2, 0.25) is 0 Å². The maximum Gasteiger partial charge on any atom is 0.416 e. The highest BCUT2D eigenvalue weighted by Crippen LogP contribution is 2.35. The number of alkyl halides is 3. The molecule has 0 saturated carbocycles. The molecule has 2 amide bonds. The predicted octanol–water partition coefficient (Wildman–Crippen LogP) is 5.34. The van der Waals surface area contributed by atoms with Crippen molar-refractivity contribution in [1.29, 1.82) is 0 Å². The lowest BCUT2D eigenvalue weighted by Gasteiger charge is -2.26. The SMILES string of the molecule is CC1=C(C(=O)OCc2ccccc2)C(c2ccc(-c3cccc(C(F)(F)F)c3)o2)NC(=O)N1. The summed E-state index contributed by atoms with van der Waals surface area (Å²) in [7, 11) is 0. The van der Waals surface area contributed by atoms with Gasteiger partial charge >= 0.3 is 18.2 Å². The van der Waals surface area contributed by atoms with Gasteiger partial charge in [0, 0.05) is 11.3 Å². The smallest absolute Gasteiger partial charge is 0.416 e. The number of halogens is 3. The molecule has 0 spiro atoms. The van der Waals surface area contributed by atoms with E-state index in [-0.39, 0.29) is 29.3 Å². The second-order valence-corrected chi connectivity index (χ2v) is 7.41. The number of hydrogen-bond donors (Lipinski definition) is 2. The van der Waals surface area contributed by atoms with E-state index in [9.17, 15) is 22.8 Å². The Morgan fingerprint density at radius 1 is 1.06 bits per heavy atom. The molecule has 170 valence electrons. The van der Waals surface area contributed by atoms with E-state index in [0.717, 1.165) is 17.7 Å². The molecule has 2 N–H and O–H groups in total. The Hall–Kier alpha value is -4.01. The van der Waals surface area contributed by atoms with Crippen LogP contribution in [0, 0.1) is 0 Å². The molecular formula is C24H19F3N2O4. The van der Waals surface area contributed by atoms with Crippen molar-refractivity contribution in [3.63, 3.8) is 0 Å². The molecular weight excluding hydrogens is 437 g/mol. The van der Waals surface area contributed by atoms with Crippen LogP contribution in [0.15, 0.2) is 82.4 Å². The van der Waals surface area contributed by atoms with Crippen LogP contribution in [-0.4, -0.2) is 12.0 Å². The molecule has 3 aromatic rings. The van der Waals surface area contributed by atoms with Crippen molar-refractivity contribution in [2.75, 3.05) is 0 Å². The molecule has 0 saturated heterocycles. The highest BCUT2D eigenvalue weighted by atomic mass is 19.4. The van der Waals surface area contributed by atoms with Crippen molar-refractivity contribution in [2.45, 2.75) is 25.7 Å². The zero-order valence-electron chi connectivity index (χ0n) is 17.4. The standard InChI is InChI=1S/C24H19F3N2O4/c1-14-20(22(30)32-13-15-6-3-2-4-7-15)21(29-23(31)28-14)19-11-10-18(33-19)16-8-5-9-17(12-16)24(25,26)27/h2-12,21H,13H2,1H3,(H2,28,29,31). The molecule has 0 bridgehead atoms. The van der Waals surface area contributed by atoms with Gasteiger partial charge in [-0.25, -0.2) is 9.59 Å². The number of ether oxygens (including phenoxy) is 1. The number of nitrogens with one attached hydrogen (secondary N) is 2. The normalized spacial score (nSPS) is 16.2. The Labute approximate surface area is 187 Å². The summed E-state index contributed by atoms with van der Waals surface area (Å²) in [6, 6.07) is 15.3. The van der Waals surface area contributed by atoms with E-state index < -0.39 is 29.8 Å². The summed E-state index contributed by atoms with van der Waals surface area (Å²) >= 11 is 0. The minimum atomic E-state index is -4.50. The van der Waals surface area contributed by atoms with E-state index in [1.54, 1.807) is 19.1 Å². The first-order valence-corrected chi connectivity index (χ1v) is 9.99. The van der Waals surface area contributed by atoms with E-state index in [0.29, 0.717) is 5.70 Å². The van der Waals surface area contributed by atoms with E-state index in [2.05, 4.69) is 10.6 Å². The number of amides is 2. The van der Waals surface area contributed by atoms with Gasteiger partial charge in [-0.15, -0.1) is 0 Å². The molecule has 6 nitrogen and oxygen atoms in total. The fraction of sp³-hybridized carbons (Fsp3) is 0.167. The molecule has 2 heterocycles. The molecule has 9 heteroatoms. The fourth-order valence-corrected chi connectivity index (χ4v) is 3.49. The van der Waals surface area contributed by atoms with Crippen molar-refractivity contribution in [2.24, 2.45) is 0 Å². The third-order valence-corrected chi connectivity index (χ3v) is 5.09. The molecule has 1 unspecified atom stereocenters. The molecule has 4 rings (SSSR count). The van der Waals surface area contributed by atoms with Crippen LogP contribution >= 0.6 is 0 Å². The lowest BCUT2D eigenvalue weighted by atomic mass is 10.0. The minimum Gasteiger partial charge on any atom is -0.459 e. The lowest BCUT2D eigenvalue weighted by Crippen LogP contribution is -2.45. The van der Waals surface area contributed by atoms with Gasteiger partial charge < -0.3 is 19.8 Å². The van der Waals surface area contributed by atoms with Crippen LogP contribution < -0.4 is 10.6 Å². The third kappa shape index (κ3) is 4.92. The second-order valence-electron chi connectivity index (χ2n) is 7.41. The Balaban J connectivity index is 1.60. The Kier molecular flexibility index (Phi) is 5.95. The summed E-state index contributed by atoms with van der Waals surface area (Å²) in [6.07, 6.45) is -4.50. The zero-order valence-corrected chi connectivity index (χ0v) is 17.4. The highest BCUT2D eigenvalue weighted by molar-refractivity contribution is 5.94. The van der Waals surface area contributed by atoms with Crippen LogP contribution in [0.4, 0.5) is 18.0 Å². The van der Waals surface area contributed by atoms with Crippen LogP contribution in [0.5, 0.6) is 0 Å². The third-order valence-electron chi connectivity index (χ3n) is 5.09. The molecule has 1 aliphatic heterocycles. The number of hydrogen-bond acceptors (Lipinski definition) is 4. The number of urea groups is 1. The van der Waals surface area contributed by atoms with Gasteiger partial charge in [0.2, 0.25) is 0 Å². The summed E-state index contributed by atoms with van der Waals surface area (Å²) in [4.78, 5) is 24.9. The van der Waals surface area contributed by atoms with Crippen molar-refractivity contribution in [1.82, 2.24) is 10.6 Å².